The van der Waals surface area contributed by atoms with Gasteiger partial charge in [0.25, 0.3) is 0 Å². The lowest BCUT2D eigenvalue weighted by atomic mass is 9.91. The zero-order chi connectivity index (χ0) is 19.7. The lowest BCUT2D eigenvalue weighted by Gasteiger charge is -2.25. The molecule has 0 aromatic rings. The normalized spacial score (nSPS) is 20.2. The summed E-state index contributed by atoms with van der Waals surface area (Å²) in [7, 11) is -3.43. The molecular weight excluding hydrogens is 357 g/mol. The van der Waals surface area contributed by atoms with Crippen molar-refractivity contribution in [2.24, 2.45) is 17.6 Å². The van der Waals surface area contributed by atoms with Gasteiger partial charge in [0, 0.05) is 12.7 Å². The number of amides is 2. The molecule has 1 aliphatic carbocycles. The fraction of sp³-hybridized carbons (Fsp3) is 0.882. The maximum absolute atomic E-state index is 12.4. The van der Waals surface area contributed by atoms with Gasteiger partial charge in [-0.1, -0.05) is 33.1 Å². The molecule has 152 valence electrons. The summed E-state index contributed by atoms with van der Waals surface area (Å²) in [5.74, 6) is -0.788. The zero-order valence-electron chi connectivity index (χ0n) is 15.8. The number of hydrogen-bond acceptors (Lipinski definition) is 5. The Bertz CT molecular complexity index is 509. The Morgan fingerprint density at radius 2 is 1.85 bits per heavy atom. The molecule has 0 aromatic carbocycles. The molecule has 26 heavy (non-hydrogen) atoms. The predicted molar refractivity (Wildman–Crippen MR) is 101 cm³/mol. The monoisotopic (exact) mass is 391 g/mol. The van der Waals surface area contributed by atoms with Crippen LogP contribution in [-0.4, -0.2) is 59.4 Å². The van der Waals surface area contributed by atoms with E-state index in [4.69, 9.17) is 5.73 Å². The van der Waals surface area contributed by atoms with Gasteiger partial charge in [0.05, 0.1) is 18.8 Å². The van der Waals surface area contributed by atoms with Crippen LogP contribution >= 0.6 is 7.37 Å². The molecule has 0 aromatic heterocycles. The molecule has 1 fully saturated rings. The summed E-state index contributed by atoms with van der Waals surface area (Å²) < 4.78 is 12.4. The number of carbonyl (C=O) groups excluding carboxylic acids is 2. The van der Waals surface area contributed by atoms with Gasteiger partial charge in [0.2, 0.25) is 19.2 Å². The van der Waals surface area contributed by atoms with E-state index >= 15 is 0 Å². The summed E-state index contributed by atoms with van der Waals surface area (Å²) in [5, 5.41) is 15.1. The summed E-state index contributed by atoms with van der Waals surface area (Å²) in [5.41, 5.74) is 5.25. The van der Waals surface area contributed by atoms with Crippen molar-refractivity contribution in [3.8, 4) is 0 Å². The summed E-state index contributed by atoms with van der Waals surface area (Å²) >= 11 is 0. The Kier molecular flexibility index (Phi) is 9.79. The van der Waals surface area contributed by atoms with Gasteiger partial charge in [0.15, 0.2) is 0 Å². The van der Waals surface area contributed by atoms with Crippen molar-refractivity contribution in [2.45, 2.75) is 58.1 Å². The fourth-order valence-corrected chi connectivity index (χ4v) is 5.45. The van der Waals surface area contributed by atoms with Gasteiger partial charge in [-0.15, -0.1) is 0 Å². The zero-order valence-corrected chi connectivity index (χ0v) is 16.7. The minimum atomic E-state index is -3.43. The third kappa shape index (κ3) is 8.62. The molecule has 1 rings (SSSR count). The average Bonchev–Trinajstić information content (AvgIpc) is 2.57. The first-order chi connectivity index (χ1) is 12.1. The van der Waals surface area contributed by atoms with Crippen molar-refractivity contribution in [1.29, 1.82) is 0 Å². The predicted octanol–water partition coefficient (Wildman–Crippen LogP) is 0.414. The minimum absolute atomic E-state index is 0.129. The quantitative estimate of drug-likeness (QED) is 0.342. The number of nitrogens with one attached hydrogen (secondary N) is 2. The number of aliphatic hydroxyl groups excluding tert-OH is 1. The second-order valence-electron chi connectivity index (χ2n) is 7.61. The van der Waals surface area contributed by atoms with Crippen LogP contribution in [0.1, 0.15) is 46.0 Å². The summed E-state index contributed by atoms with van der Waals surface area (Å²) in [6.07, 6.45) is 4.20. The lowest BCUT2D eigenvalue weighted by Crippen LogP contribution is -2.52. The van der Waals surface area contributed by atoms with E-state index in [0.717, 1.165) is 25.7 Å². The molecule has 1 aliphatic rings. The Hall–Kier alpha value is -0.950. The van der Waals surface area contributed by atoms with Crippen molar-refractivity contribution in [2.75, 3.05) is 25.4 Å². The fourth-order valence-electron chi connectivity index (χ4n) is 3.34. The number of nitrogens with two attached hydrogens (primary N) is 1. The van der Waals surface area contributed by atoms with E-state index in [9.17, 15) is 24.2 Å². The standard InChI is InChI=1S/C17H34N3O5P/c1-12(2)16(20-15(22)8-18)17(23)19-9-14(21)11-26(24,25)10-13-6-4-3-5-7-13/h12-14,16,21H,3-11,18H2,1-2H3,(H,19,23)(H,20,22)(H,24,25). The summed E-state index contributed by atoms with van der Waals surface area (Å²) in [6.45, 7) is 3.22. The first-order valence-corrected chi connectivity index (χ1v) is 11.4. The second-order valence-corrected chi connectivity index (χ2v) is 10.0. The maximum Gasteiger partial charge on any atom is 0.242 e. The van der Waals surface area contributed by atoms with Gasteiger partial charge in [-0.05, 0) is 24.7 Å². The Balaban J connectivity index is 2.45. The van der Waals surface area contributed by atoms with Crippen molar-refractivity contribution in [1.82, 2.24) is 10.6 Å². The molecule has 9 heteroatoms. The molecular formula is C17H34N3O5P. The molecule has 0 aliphatic heterocycles. The molecule has 1 saturated carbocycles. The van der Waals surface area contributed by atoms with E-state index in [0.29, 0.717) is 0 Å². The molecule has 0 heterocycles. The van der Waals surface area contributed by atoms with Crippen LogP contribution < -0.4 is 16.4 Å². The van der Waals surface area contributed by atoms with Crippen LogP contribution in [0.5, 0.6) is 0 Å². The largest absolute Gasteiger partial charge is 0.391 e. The summed E-state index contributed by atoms with van der Waals surface area (Å²) in [6, 6.07) is -0.763. The first-order valence-electron chi connectivity index (χ1n) is 9.40. The molecule has 2 amide bonds. The smallest absolute Gasteiger partial charge is 0.242 e. The highest BCUT2D eigenvalue weighted by Crippen LogP contribution is 2.45. The number of carbonyl (C=O) groups is 2. The Labute approximate surface area is 155 Å². The van der Waals surface area contributed by atoms with E-state index in [2.05, 4.69) is 10.6 Å². The Morgan fingerprint density at radius 3 is 2.38 bits per heavy atom. The number of rotatable bonds is 10. The molecule has 0 bridgehead atoms. The SMILES string of the molecule is CC(C)C(NC(=O)CN)C(=O)NCC(O)CP(=O)(O)CC1CCCCC1. The van der Waals surface area contributed by atoms with Gasteiger partial charge >= 0.3 is 0 Å². The van der Waals surface area contributed by atoms with Crippen LogP contribution in [0.2, 0.25) is 0 Å². The number of hydrogen-bond donors (Lipinski definition) is 5. The first kappa shape index (κ1) is 23.1. The lowest BCUT2D eigenvalue weighted by molar-refractivity contribution is -0.129. The molecule has 0 spiro atoms. The van der Waals surface area contributed by atoms with Crippen LogP contribution in [0, 0.1) is 11.8 Å². The van der Waals surface area contributed by atoms with Gasteiger partial charge in [-0.25, -0.2) is 0 Å². The van der Waals surface area contributed by atoms with Crippen molar-refractivity contribution in [3.05, 3.63) is 0 Å². The molecule has 3 unspecified atom stereocenters. The number of aliphatic hydroxyl groups is 1. The van der Waals surface area contributed by atoms with Crippen molar-refractivity contribution in [3.63, 3.8) is 0 Å². The van der Waals surface area contributed by atoms with Gasteiger partial charge in [0.1, 0.15) is 6.04 Å². The van der Waals surface area contributed by atoms with Crippen LogP contribution in [0.25, 0.3) is 0 Å². The summed E-state index contributed by atoms with van der Waals surface area (Å²) in [4.78, 5) is 33.8. The molecule has 3 atom stereocenters. The highest BCUT2D eigenvalue weighted by atomic mass is 31.2. The maximum atomic E-state index is 12.4. The van der Waals surface area contributed by atoms with E-state index in [1.54, 1.807) is 13.8 Å². The van der Waals surface area contributed by atoms with Crippen molar-refractivity contribution >= 4 is 19.2 Å². The highest BCUT2D eigenvalue weighted by Gasteiger charge is 2.29. The highest BCUT2D eigenvalue weighted by molar-refractivity contribution is 7.58. The Morgan fingerprint density at radius 1 is 1.23 bits per heavy atom. The van der Waals surface area contributed by atoms with E-state index < -0.39 is 31.3 Å². The molecule has 8 nitrogen and oxygen atoms in total. The van der Waals surface area contributed by atoms with Crippen LogP contribution in [0.3, 0.4) is 0 Å². The van der Waals surface area contributed by atoms with E-state index in [-0.39, 0.29) is 37.2 Å². The van der Waals surface area contributed by atoms with Gasteiger partial charge < -0.3 is 26.4 Å². The molecule has 6 N–H and O–H groups in total. The average molecular weight is 391 g/mol. The van der Waals surface area contributed by atoms with E-state index in [1.807, 2.05) is 0 Å². The topological polar surface area (TPSA) is 142 Å². The van der Waals surface area contributed by atoms with Gasteiger partial charge in [-0.2, -0.15) is 0 Å². The molecule has 0 saturated heterocycles. The third-order valence-electron chi connectivity index (χ3n) is 4.73. The van der Waals surface area contributed by atoms with Gasteiger partial charge in [-0.3, -0.25) is 14.2 Å². The molecule has 0 radical (unpaired) electrons. The minimum Gasteiger partial charge on any atom is -0.391 e. The third-order valence-corrected chi connectivity index (χ3v) is 6.81. The van der Waals surface area contributed by atoms with Crippen LogP contribution in [0.15, 0.2) is 0 Å². The van der Waals surface area contributed by atoms with Crippen LogP contribution in [0.4, 0.5) is 0 Å². The van der Waals surface area contributed by atoms with Crippen LogP contribution in [-0.2, 0) is 14.2 Å². The second kappa shape index (κ2) is 11.0. The van der Waals surface area contributed by atoms with E-state index in [1.165, 1.54) is 6.42 Å². The van der Waals surface area contributed by atoms with Crippen molar-refractivity contribution < 1.29 is 24.2 Å².